The number of aliphatic hydroxyl groups excluding tert-OH is 1. The first-order valence-electron chi connectivity index (χ1n) is 5.80. The van der Waals surface area contributed by atoms with Crippen LogP contribution in [-0.2, 0) is 0 Å². The minimum absolute atomic E-state index is 0.0293. The summed E-state index contributed by atoms with van der Waals surface area (Å²) in [5, 5.41) is 11.6. The molecule has 1 aliphatic rings. The summed E-state index contributed by atoms with van der Waals surface area (Å²) in [7, 11) is 0. The minimum atomic E-state index is -0.0293. The van der Waals surface area contributed by atoms with Crippen LogP contribution in [0.25, 0.3) is 0 Å². The third kappa shape index (κ3) is 3.61. The van der Waals surface area contributed by atoms with Gasteiger partial charge in [-0.1, -0.05) is 17.9 Å². The van der Waals surface area contributed by atoms with E-state index < -0.39 is 0 Å². The van der Waals surface area contributed by atoms with Gasteiger partial charge in [0.05, 0.1) is 6.61 Å². The number of aliphatic hydroxyl groups is 1. The van der Waals surface area contributed by atoms with E-state index in [2.05, 4.69) is 17.2 Å². The van der Waals surface area contributed by atoms with Crippen LogP contribution in [0.1, 0.15) is 35.2 Å². The molecule has 2 N–H and O–H groups in total. The van der Waals surface area contributed by atoms with Crippen LogP contribution in [0.2, 0.25) is 0 Å². The molecule has 0 heterocycles. The lowest BCUT2D eigenvalue weighted by Crippen LogP contribution is -2.25. The Bertz CT molecular complexity index is 467. The van der Waals surface area contributed by atoms with Crippen LogP contribution in [0.5, 0.6) is 0 Å². The molecule has 1 amide bonds. The fraction of sp³-hybridized carbons (Fsp3) is 0.357. The van der Waals surface area contributed by atoms with E-state index in [-0.39, 0.29) is 12.5 Å². The van der Waals surface area contributed by atoms with Crippen LogP contribution in [-0.4, -0.2) is 23.7 Å². The van der Waals surface area contributed by atoms with Gasteiger partial charge in [-0.15, -0.1) is 0 Å². The number of hydrogen-bond donors (Lipinski definition) is 2. The summed E-state index contributed by atoms with van der Waals surface area (Å²) in [6.07, 6.45) is 2.63. The number of nitrogens with one attached hydrogen (secondary N) is 1. The maximum atomic E-state index is 11.8. The Kier molecular flexibility index (Phi) is 3.79. The number of rotatable bonds is 3. The number of amides is 1. The van der Waals surface area contributed by atoms with Gasteiger partial charge in [-0.05, 0) is 31.0 Å². The lowest BCUT2D eigenvalue weighted by Gasteiger charge is -2.03. The van der Waals surface area contributed by atoms with Gasteiger partial charge in [0.25, 0.3) is 5.91 Å². The summed E-state index contributed by atoms with van der Waals surface area (Å²) in [5.41, 5.74) is 1.45. The molecule has 17 heavy (non-hydrogen) atoms. The van der Waals surface area contributed by atoms with Crippen molar-refractivity contribution in [3.8, 4) is 11.8 Å². The van der Waals surface area contributed by atoms with E-state index >= 15 is 0 Å². The second-order valence-corrected chi connectivity index (χ2v) is 4.10. The summed E-state index contributed by atoms with van der Waals surface area (Å²) in [6, 6.07) is 7.62. The summed E-state index contributed by atoms with van der Waals surface area (Å²) < 4.78 is 0. The Hall–Kier alpha value is -1.79. The molecule has 1 aromatic rings. The van der Waals surface area contributed by atoms with Gasteiger partial charge in [0.2, 0.25) is 0 Å². The van der Waals surface area contributed by atoms with Gasteiger partial charge >= 0.3 is 0 Å². The fourth-order valence-corrected chi connectivity index (χ4v) is 1.46. The van der Waals surface area contributed by atoms with Crippen LogP contribution in [0.15, 0.2) is 24.3 Å². The maximum absolute atomic E-state index is 11.8. The van der Waals surface area contributed by atoms with Crippen LogP contribution in [0.4, 0.5) is 0 Å². The van der Waals surface area contributed by atoms with Gasteiger partial charge in [-0.2, -0.15) is 0 Å². The van der Waals surface area contributed by atoms with Crippen LogP contribution >= 0.6 is 0 Å². The van der Waals surface area contributed by atoms with Crippen LogP contribution in [0.3, 0.4) is 0 Å². The minimum Gasteiger partial charge on any atom is -0.395 e. The quantitative estimate of drug-likeness (QED) is 0.768. The van der Waals surface area contributed by atoms with Gasteiger partial charge in [0.1, 0.15) is 0 Å². The van der Waals surface area contributed by atoms with Crippen molar-refractivity contribution in [2.45, 2.75) is 25.3 Å². The van der Waals surface area contributed by atoms with E-state index in [0.29, 0.717) is 18.0 Å². The standard InChI is InChI=1S/C14H15NO2/c16-9-2-1-4-11-5-3-6-12(10-11)14(17)15-13-7-8-13/h3,5-6,10,13,16H,2,7-9H2,(H,15,17). The Labute approximate surface area is 101 Å². The molecule has 0 unspecified atom stereocenters. The molecule has 1 saturated carbocycles. The van der Waals surface area contributed by atoms with Gasteiger partial charge in [-0.25, -0.2) is 0 Å². The lowest BCUT2D eigenvalue weighted by molar-refractivity contribution is 0.0951. The van der Waals surface area contributed by atoms with E-state index in [1.807, 2.05) is 12.1 Å². The molecule has 3 heteroatoms. The zero-order valence-corrected chi connectivity index (χ0v) is 9.57. The van der Waals surface area contributed by atoms with Crippen molar-refractivity contribution in [2.24, 2.45) is 0 Å². The van der Waals surface area contributed by atoms with Crippen molar-refractivity contribution in [1.82, 2.24) is 5.32 Å². The number of carbonyl (C=O) groups excluding carboxylic acids is 1. The van der Waals surface area contributed by atoms with E-state index in [4.69, 9.17) is 5.11 Å². The van der Waals surface area contributed by atoms with Gasteiger partial charge < -0.3 is 10.4 Å². The lowest BCUT2D eigenvalue weighted by atomic mass is 10.1. The predicted octanol–water partition coefficient (Wildman–Crippen LogP) is 1.31. The predicted molar refractivity (Wildman–Crippen MR) is 65.5 cm³/mol. The third-order valence-electron chi connectivity index (χ3n) is 2.51. The van der Waals surface area contributed by atoms with Crippen molar-refractivity contribution in [3.05, 3.63) is 35.4 Å². The molecule has 2 rings (SSSR count). The summed E-state index contributed by atoms with van der Waals surface area (Å²) in [5.74, 6) is 5.73. The second kappa shape index (κ2) is 5.51. The monoisotopic (exact) mass is 229 g/mol. The van der Waals surface area contributed by atoms with E-state index in [9.17, 15) is 4.79 Å². The molecule has 0 aliphatic heterocycles. The fourth-order valence-electron chi connectivity index (χ4n) is 1.46. The smallest absolute Gasteiger partial charge is 0.251 e. The largest absolute Gasteiger partial charge is 0.395 e. The highest BCUT2D eigenvalue weighted by Gasteiger charge is 2.23. The number of hydrogen-bond acceptors (Lipinski definition) is 2. The Balaban J connectivity index is 2.05. The van der Waals surface area contributed by atoms with Crippen molar-refractivity contribution < 1.29 is 9.90 Å². The van der Waals surface area contributed by atoms with Crippen LogP contribution < -0.4 is 5.32 Å². The third-order valence-corrected chi connectivity index (χ3v) is 2.51. The normalized spacial score (nSPS) is 13.7. The molecule has 0 bridgehead atoms. The molecule has 0 radical (unpaired) electrons. The average molecular weight is 229 g/mol. The van der Waals surface area contributed by atoms with Gasteiger partial charge in [-0.3, -0.25) is 4.79 Å². The molecule has 0 spiro atoms. The molecule has 1 aromatic carbocycles. The molecular weight excluding hydrogens is 214 g/mol. The summed E-state index contributed by atoms with van der Waals surface area (Å²) in [6.45, 7) is 0.0643. The molecular formula is C14H15NO2. The zero-order valence-electron chi connectivity index (χ0n) is 9.57. The topological polar surface area (TPSA) is 49.3 Å². The number of carbonyl (C=O) groups is 1. The Morgan fingerprint density at radius 2 is 2.29 bits per heavy atom. The van der Waals surface area contributed by atoms with E-state index in [1.165, 1.54) is 0 Å². The van der Waals surface area contributed by atoms with Gasteiger partial charge in [0, 0.05) is 23.6 Å². The second-order valence-electron chi connectivity index (χ2n) is 4.10. The zero-order chi connectivity index (χ0) is 12.1. The molecule has 3 nitrogen and oxygen atoms in total. The molecule has 88 valence electrons. The molecule has 0 aromatic heterocycles. The summed E-state index contributed by atoms with van der Waals surface area (Å²) >= 11 is 0. The first kappa shape index (κ1) is 11.7. The average Bonchev–Trinajstić information content (AvgIpc) is 3.14. The highest BCUT2D eigenvalue weighted by atomic mass is 16.2. The maximum Gasteiger partial charge on any atom is 0.251 e. The van der Waals surface area contributed by atoms with Crippen LogP contribution in [0, 0.1) is 11.8 Å². The highest BCUT2D eigenvalue weighted by Crippen LogP contribution is 2.19. The Morgan fingerprint density at radius 3 is 3.00 bits per heavy atom. The SMILES string of the molecule is O=C(NC1CC1)c1cccc(C#CCCO)c1. The van der Waals surface area contributed by atoms with Crippen molar-refractivity contribution in [3.63, 3.8) is 0 Å². The van der Waals surface area contributed by atoms with Crippen molar-refractivity contribution in [2.75, 3.05) is 6.61 Å². The molecule has 1 aliphatic carbocycles. The summed E-state index contributed by atoms with van der Waals surface area (Å²) in [4.78, 5) is 11.8. The van der Waals surface area contributed by atoms with Gasteiger partial charge in [0.15, 0.2) is 0 Å². The highest BCUT2D eigenvalue weighted by molar-refractivity contribution is 5.94. The van der Waals surface area contributed by atoms with E-state index in [1.54, 1.807) is 12.1 Å². The molecule has 1 fully saturated rings. The first-order chi connectivity index (χ1) is 8.29. The first-order valence-corrected chi connectivity index (χ1v) is 5.80. The molecule has 0 atom stereocenters. The van der Waals surface area contributed by atoms with Crippen molar-refractivity contribution >= 4 is 5.91 Å². The van der Waals surface area contributed by atoms with Crippen molar-refractivity contribution in [1.29, 1.82) is 0 Å². The number of benzene rings is 1. The Morgan fingerprint density at radius 1 is 1.47 bits per heavy atom. The van der Waals surface area contributed by atoms with E-state index in [0.717, 1.165) is 18.4 Å². The molecule has 0 saturated heterocycles.